The monoisotopic (exact) mass is 398 g/mol. The molecule has 1 aromatic heterocycles. The molecule has 7 heteroatoms. The average Bonchev–Trinajstić information content (AvgIpc) is 3.05. The Balaban J connectivity index is 1.45. The van der Waals surface area contributed by atoms with Gasteiger partial charge < -0.3 is 14.6 Å². The van der Waals surface area contributed by atoms with Crippen molar-refractivity contribution in [1.82, 2.24) is 19.4 Å². The van der Waals surface area contributed by atoms with Crippen LogP contribution in [-0.2, 0) is 13.1 Å². The fourth-order valence-corrected chi connectivity index (χ4v) is 3.85. The fraction of sp³-hybridized carbons (Fsp3) is 0.333. The summed E-state index contributed by atoms with van der Waals surface area (Å²) >= 11 is 6.14. The molecule has 2 aromatic carbocycles. The van der Waals surface area contributed by atoms with Gasteiger partial charge in [-0.3, -0.25) is 9.69 Å². The smallest absolute Gasteiger partial charge is 0.253 e. The van der Waals surface area contributed by atoms with Crippen molar-refractivity contribution in [3.8, 4) is 0 Å². The first-order valence-corrected chi connectivity index (χ1v) is 9.85. The number of aliphatic hydroxyl groups excluding tert-OH is 1. The van der Waals surface area contributed by atoms with Crippen LogP contribution in [0.15, 0.2) is 48.5 Å². The number of imidazole rings is 1. The first kappa shape index (κ1) is 18.9. The number of fused-ring (bicyclic) bond motifs is 1. The molecule has 1 saturated heterocycles. The topological polar surface area (TPSA) is 61.6 Å². The van der Waals surface area contributed by atoms with Crippen LogP contribution in [-0.4, -0.2) is 63.2 Å². The predicted octanol–water partition coefficient (Wildman–Crippen LogP) is 2.64. The summed E-state index contributed by atoms with van der Waals surface area (Å²) < 4.78 is 2.03. The Morgan fingerprint density at radius 1 is 1.07 bits per heavy atom. The summed E-state index contributed by atoms with van der Waals surface area (Å²) in [6, 6.07) is 15.0. The summed E-state index contributed by atoms with van der Waals surface area (Å²) in [6.45, 7) is 4.19. The normalized spacial score (nSPS) is 15.3. The van der Waals surface area contributed by atoms with Crippen LogP contribution in [0, 0.1) is 0 Å². The lowest BCUT2D eigenvalue weighted by Gasteiger charge is -2.34. The standard InChI is InChI=1S/C21H23ClN4O2/c22-17-6-7-18-19(14-17)26(12-13-27)20(23-18)15-24-8-10-25(11-9-24)21(28)16-4-2-1-3-5-16/h1-7,14,27H,8-13,15H2. The fourth-order valence-electron chi connectivity index (χ4n) is 3.69. The Kier molecular flexibility index (Phi) is 5.62. The molecule has 6 nitrogen and oxygen atoms in total. The zero-order valence-electron chi connectivity index (χ0n) is 15.6. The minimum Gasteiger partial charge on any atom is -0.395 e. The molecule has 1 aliphatic heterocycles. The van der Waals surface area contributed by atoms with Crippen molar-refractivity contribution >= 4 is 28.5 Å². The highest BCUT2D eigenvalue weighted by atomic mass is 35.5. The zero-order valence-corrected chi connectivity index (χ0v) is 16.3. The molecule has 2 heterocycles. The molecule has 28 heavy (non-hydrogen) atoms. The molecule has 0 radical (unpaired) electrons. The van der Waals surface area contributed by atoms with Gasteiger partial charge >= 0.3 is 0 Å². The van der Waals surface area contributed by atoms with E-state index in [2.05, 4.69) is 4.90 Å². The Morgan fingerprint density at radius 2 is 1.82 bits per heavy atom. The third kappa shape index (κ3) is 3.90. The Labute approximate surface area is 169 Å². The van der Waals surface area contributed by atoms with Gasteiger partial charge in [-0.25, -0.2) is 4.98 Å². The van der Waals surface area contributed by atoms with Gasteiger partial charge in [-0.15, -0.1) is 0 Å². The summed E-state index contributed by atoms with van der Waals surface area (Å²) in [4.78, 5) is 21.5. The van der Waals surface area contributed by atoms with E-state index in [1.54, 1.807) is 0 Å². The van der Waals surface area contributed by atoms with Crippen LogP contribution in [0.25, 0.3) is 11.0 Å². The molecule has 0 aliphatic carbocycles. The van der Waals surface area contributed by atoms with E-state index in [1.807, 2.05) is 58.0 Å². The number of carbonyl (C=O) groups is 1. The number of piperazine rings is 1. The van der Waals surface area contributed by atoms with Crippen molar-refractivity contribution in [2.24, 2.45) is 0 Å². The molecule has 0 unspecified atom stereocenters. The Hall–Kier alpha value is -2.41. The lowest BCUT2D eigenvalue weighted by atomic mass is 10.2. The summed E-state index contributed by atoms with van der Waals surface area (Å²) in [6.07, 6.45) is 0. The van der Waals surface area contributed by atoms with E-state index in [0.29, 0.717) is 31.2 Å². The van der Waals surface area contributed by atoms with Gasteiger partial charge in [0.2, 0.25) is 0 Å². The molecule has 0 atom stereocenters. The molecule has 0 spiro atoms. The molecule has 146 valence electrons. The highest BCUT2D eigenvalue weighted by Gasteiger charge is 2.23. The van der Waals surface area contributed by atoms with E-state index < -0.39 is 0 Å². The van der Waals surface area contributed by atoms with Gasteiger partial charge in [0, 0.05) is 43.3 Å². The van der Waals surface area contributed by atoms with Gasteiger partial charge in [0.1, 0.15) is 5.82 Å². The number of hydrogen-bond acceptors (Lipinski definition) is 4. The molecule has 0 saturated carbocycles. The molecule has 3 aromatic rings. The minimum atomic E-state index is 0.0460. The number of carbonyl (C=O) groups excluding carboxylic acids is 1. The van der Waals surface area contributed by atoms with Crippen molar-refractivity contribution in [3.63, 3.8) is 0 Å². The maximum atomic E-state index is 12.6. The number of halogens is 1. The van der Waals surface area contributed by atoms with Crippen LogP contribution in [0.5, 0.6) is 0 Å². The molecule has 0 bridgehead atoms. The summed E-state index contributed by atoms with van der Waals surface area (Å²) in [7, 11) is 0. The Morgan fingerprint density at radius 3 is 2.54 bits per heavy atom. The molecule has 4 rings (SSSR count). The number of amides is 1. The van der Waals surface area contributed by atoms with Crippen LogP contribution in [0.4, 0.5) is 0 Å². The van der Waals surface area contributed by atoms with Crippen LogP contribution in [0.2, 0.25) is 5.02 Å². The lowest BCUT2D eigenvalue weighted by molar-refractivity contribution is 0.0623. The molecule has 1 fully saturated rings. The van der Waals surface area contributed by atoms with Crippen molar-refractivity contribution in [1.29, 1.82) is 0 Å². The summed E-state index contributed by atoms with van der Waals surface area (Å²) in [5.41, 5.74) is 2.55. The van der Waals surface area contributed by atoms with Gasteiger partial charge in [0.05, 0.1) is 24.2 Å². The summed E-state index contributed by atoms with van der Waals surface area (Å²) in [5.74, 6) is 0.997. The maximum absolute atomic E-state index is 12.6. The van der Waals surface area contributed by atoms with Crippen molar-refractivity contribution in [2.75, 3.05) is 32.8 Å². The predicted molar refractivity (Wildman–Crippen MR) is 109 cm³/mol. The zero-order chi connectivity index (χ0) is 19.5. The Bertz CT molecular complexity index is 965. The largest absolute Gasteiger partial charge is 0.395 e. The van der Waals surface area contributed by atoms with Gasteiger partial charge in [-0.1, -0.05) is 29.8 Å². The lowest BCUT2D eigenvalue weighted by Crippen LogP contribution is -2.48. The number of hydrogen-bond donors (Lipinski definition) is 1. The van der Waals surface area contributed by atoms with E-state index in [4.69, 9.17) is 16.6 Å². The second-order valence-electron chi connectivity index (χ2n) is 6.97. The van der Waals surface area contributed by atoms with E-state index in [0.717, 1.165) is 35.5 Å². The SMILES string of the molecule is O=C(c1ccccc1)N1CCN(Cc2nc3ccc(Cl)cc3n2CCO)CC1. The van der Waals surface area contributed by atoms with Crippen molar-refractivity contribution < 1.29 is 9.90 Å². The number of aromatic nitrogens is 2. The number of rotatable bonds is 5. The molecule has 1 N–H and O–H groups in total. The molecule has 1 aliphatic rings. The van der Waals surface area contributed by atoms with E-state index in [-0.39, 0.29) is 12.5 Å². The highest BCUT2D eigenvalue weighted by molar-refractivity contribution is 6.31. The van der Waals surface area contributed by atoms with Gasteiger partial charge in [0.15, 0.2) is 0 Å². The van der Waals surface area contributed by atoms with Crippen molar-refractivity contribution in [2.45, 2.75) is 13.1 Å². The van der Waals surface area contributed by atoms with Gasteiger partial charge in [-0.05, 0) is 30.3 Å². The van der Waals surface area contributed by atoms with Gasteiger partial charge in [-0.2, -0.15) is 0 Å². The quantitative estimate of drug-likeness (QED) is 0.717. The van der Waals surface area contributed by atoms with Crippen LogP contribution < -0.4 is 0 Å². The average molecular weight is 399 g/mol. The summed E-state index contributed by atoms with van der Waals surface area (Å²) in [5, 5.41) is 10.1. The highest BCUT2D eigenvalue weighted by Crippen LogP contribution is 2.22. The van der Waals surface area contributed by atoms with Crippen LogP contribution in [0.3, 0.4) is 0 Å². The first-order chi connectivity index (χ1) is 13.7. The number of benzene rings is 2. The van der Waals surface area contributed by atoms with Crippen LogP contribution >= 0.6 is 11.6 Å². The first-order valence-electron chi connectivity index (χ1n) is 9.48. The third-order valence-corrected chi connectivity index (χ3v) is 5.39. The van der Waals surface area contributed by atoms with E-state index in [9.17, 15) is 9.90 Å². The second kappa shape index (κ2) is 8.31. The third-order valence-electron chi connectivity index (χ3n) is 5.16. The molecular formula is C21H23ClN4O2. The van der Waals surface area contributed by atoms with Crippen LogP contribution in [0.1, 0.15) is 16.2 Å². The van der Waals surface area contributed by atoms with E-state index >= 15 is 0 Å². The second-order valence-corrected chi connectivity index (χ2v) is 7.41. The van der Waals surface area contributed by atoms with E-state index in [1.165, 1.54) is 0 Å². The van der Waals surface area contributed by atoms with Gasteiger partial charge in [0.25, 0.3) is 5.91 Å². The molecule has 1 amide bonds. The number of nitrogens with zero attached hydrogens (tertiary/aromatic N) is 4. The molecular weight excluding hydrogens is 376 g/mol. The minimum absolute atomic E-state index is 0.0460. The maximum Gasteiger partial charge on any atom is 0.253 e. The van der Waals surface area contributed by atoms with Crippen molar-refractivity contribution in [3.05, 3.63) is 64.9 Å². The number of aliphatic hydroxyl groups is 1.